The van der Waals surface area contributed by atoms with Crippen molar-refractivity contribution in [1.29, 1.82) is 0 Å². The minimum absolute atomic E-state index is 0.390. The van der Waals surface area contributed by atoms with E-state index in [0.29, 0.717) is 19.1 Å². The first kappa shape index (κ1) is 27.3. The molecule has 0 saturated heterocycles. The summed E-state index contributed by atoms with van der Waals surface area (Å²) in [4.78, 5) is 7.62. The number of ether oxygens (including phenoxy) is 1. The number of nitrogens with zero attached hydrogens (tertiary/aromatic N) is 2. The van der Waals surface area contributed by atoms with E-state index in [-0.39, 0.29) is 0 Å². The van der Waals surface area contributed by atoms with Crippen LogP contribution in [0.2, 0.25) is 0 Å². The second-order valence-corrected chi connectivity index (χ2v) is 11.2. The van der Waals surface area contributed by atoms with Gasteiger partial charge in [-0.25, -0.2) is 0 Å². The highest BCUT2D eigenvalue weighted by Crippen LogP contribution is 2.37. The Balaban J connectivity index is 1.72. The Bertz CT molecular complexity index is 1190. The van der Waals surface area contributed by atoms with Crippen molar-refractivity contribution >= 4 is 0 Å². The summed E-state index contributed by atoms with van der Waals surface area (Å²) in [5, 5.41) is 10.3. The smallest absolute Gasteiger partial charge is 0.127 e. The number of pyridine rings is 1. The van der Waals surface area contributed by atoms with Gasteiger partial charge in [0.05, 0.1) is 17.9 Å². The molecule has 4 rings (SSSR count). The van der Waals surface area contributed by atoms with Crippen LogP contribution in [0.1, 0.15) is 86.5 Å². The Labute approximate surface area is 223 Å². The Hall–Kier alpha value is -2.69. The molecular formula is C33H44N2O2. The van der Waals surface area contributed by atoms with Crippen LogP contribution in [0, 0.1) is 6.92 Å². The summed E-state index contributed by atoms with van der Waals surface area (Å²) >= 11 is 0. The minimum atomic E-state index is -0.766. The van der Waals surface area contributed by atoms with Crippen LogP contribution in [0.15, 0.2) is 48.5 Å². The normalized spacial score (nSPS) is 15.6. The van der Waals surface area contributed by atoms with Crippen LogP contribution < -0.4 is 4.74 Å². The van der Waals surface area contributed by atoms with Gasteiger partial charge in [-0.15, -0.1) is 0 Å². The van der Waals surface area contributed by atoms with Gasteiger partial charge in [-0.05, 0) is 82.2 Å². The SMILES string of the molecule is CCc1cccc(CC)c1-c1cc(OCCC(C)(C)O)c(CN(C)C2CCCc3ccccc32)c(C)n1. The Morgan fingerprint density at radius 2 is 1.76 bits per heavy atom. The molecule has 0 spiro atoms. The predicted octanol–water partition coefficient (Wildman–Crippen LogP) is 7.23. The fourth-order valence-corrected chi connectivity index (χ4v) is 5.65. The third-order valence-electron chi connectivity index (χ3n) is 7.79. The van der Waals surface area contributed by atoms with Gasteiger partial charge in [-0.3, -0.25) is 9.88 Å². The highest BCUT2D eigenvalue weighted by Gasteiger charge is 2.26. The van der Waals surface area contributed by atoms with Crippen molar-refractivity contribution in [1.82, 2.24) is 9.88 Å². The number of rotatable bonds is 10. The number of hydrogen-bond acceptors (Lipinski definition) is 4. The zero-order valence-corrected chi connectivity index (χ0v) is 23.6. The fourth-order valence-electron chi connectivity index (χ4n) is 5.65. The highest BCUT2D eigenvalue weighted by atomic mass is 16.5. The largest absolute Gasteiger partial charge is 0.493 e. The van der Waals surface area contributed by atoms with Gasteiger partial charge >= 0.3 is 0 Å². The van der Waals surface area contributed by atoms with Gasteiger partial charge in [-0.1, -0.05) is 56.3 Å². The molecule has 0 bridgehead atoms. The van der Waals surface area contributed by atoms with Crippen LogP contribution in [0.5, 0.6) is 5.75 Å². The van der Waals surface area contributed by atoms with Crippen molar-refractivity contribution < 1.29 is 9.84 Å². The molecule has 1 unspecified atom stereocenters. The van der Waals surface area contributed by atoms with Gasteiger partial charge < -0.3 is 9.84 Å². The number of aromatic nitrogens is 1. The summed E-state index contributed by atoms with van der Waals surface area (Å²) in [6.45, 7) is 11.4. The molecule has 1 aliphatic rings. The first-order chi connectivity index (χ1) is 17.7. The summed E-state index contributed by atoms with van der Waals surface area (Å²) in [7, 11) is 2.22. The quantitative estimate of drug-likeness (QED) is 0.319. The van der Waals surface area contributed by atoms with E-state index >= 15 is 0 Å². The first-order valence-corrected chi connectivity index (χ1v) is 14.0. The summed E-state index contributed by atoms with van der Waals surface area (Å²) in [6, 6.07) is 18.0. The number of hydrogen-bond donors (Lipinski definition) is 1. The highest BCUT2D eigenvalue weighted by molar-refractivity contribution is 5.70. The van der Waals surface area contributed by atoms with Crippen molar-refractivity contribution in [2.75, 3.05) is 13.7 Å². The van der Waals surface area contributed by atoms with Gasteiger partial charge in [0.25, 0.3) is 0 Å². The van der Waals surface area contributed by atoms with Crippen LogP contribution in [0.3, 0.4) is 0 Å². The monoisotopic (exact) mass is 500 g/mol. The van der Waals surface area contributed by atoms with Crippen LogP contribution >= 0.6 is 0 Å². The third-order valence-corrected chi connectivity index (χ3v) is 7.79. The molecule has 4 heteroatoms. The molecular weight excluding hydrogens is 456 g/mol. The van der Waals surface area contributed by atoms with Gasteiger partial charge in [0, 0.05) is 41.9 Å². The lowest BCUT2D eigenvalue weighted by atomic mass is 9.87. The van der Waals surface area contributed by atoms with E-state index in [1.54, 1.807) is 0 Å². The van der Waals surface area contributed by atoms with Crippen molar-refractivity contribution in [3.63, 3.8) is 0 Å². The van der Waals surface area contributed by atoms with E-state index in [1.165, 1.54) is 34.2 Å². The average molecular weight is 501 g/mol. The zero-order chi connectivity index (χ0) is 26.6. The standard InChI is InChI=1S/C33H44N2O2/c1-7-24-14-11-15-25(8-2)32(24)29-21-31(37-20-19-33(4,5)36)28(23(3)34-29)22-35(6)30-18-12-16-26-13-9-10-17-27(26)30/h9-11,13-15,17,21,30,36H,7-8,12,16,18-20,22H2,1-6H3. The van der Waals surface area contributed by atoms with Crippen molar-refractivity contribution in [3.05, 3.63) is 82.0 Å². The molecule has 0 radical (unpaired) electrons. The molecule has 0 amide bonds. The van der Waals surface area contributed by atoms with Crippen LogP contribution in [0.4, 0.5) is 0 Å². The maximum absolute atomic E-state index is 10.3. The number of aryl methyl sites for hydroxylation is 4. The minimum Gasteiger partial charge on any atom is -0.493 e. The van der Waals surface area contributed by atoms with Crippen LogP contribution in [0.25, 0.3) is 11.3 Å². The van der Waals surface area contributed by atoms with Gasteiger partial charge in [0.15, 0.2) is 0 Å². The lowest BCUT2D eigenvalue weighted by Gasteiger charge is -2.34. The first-order valence-electron chi connectivity index (χ1n) is 14.0. The van der Waals surface area contributed by atoms with E-state index in [2.05, 4.69) is 81.2 Å². The molecule has 198 valence electrons. The topological polar surface area (TPSA) is 45.6 Å². The second-order valence-electron chi connectivity index (χ2n) is 11.2. The van der Waals surface area contributed by atoms with E-state index < -0.39 is 5.60 Å². The Morgan fingerprint density at radius 1 is 1.05 bits per heavy atom. The van der Waals surface area contributed by atoms with E-state index in [9.17, 15) is 5.11 Å². The molecule has 37 heavy (non-hydrogen) atoms. The molecule has 3 aromatic rings. The summed E-state index contributed by atoms with van der Waals surface area (Å²) in [5.41, 5.74) is 9.17. The molecule has 4 nitrogen and oxygen atoms in total. The molecule has 0 aliphatic heterocycles. The summed E-state index contributed by atoms with van der Waals surface area (Å²) in [5.74, 6) is 0.885. The summed E-state index contributed by atoms with van der Waals surface area (Å²) in [6.07, 6.45) is 6.04. The zero-order valence-electron chi connectivity index (χ0n) is 23.6. The van der Waals surface area contributed by atoms with E-state index in [4.69, 9.17) is 9.72 Å². The van der Waals surface area contributed by atoms with Gasteiger partial charge in [0.2, 0.25) is 0 Å². The van der Waals surface area contributed by atoms with Crippen molar-refractivity contribution in [3.8, 4) is 17.0 Å². The molecule has 0 saturated carbocycles. The fraction of sp³-hybridized carbons (Fsp3) is 0.485. The molecule has 0 fully saturated rings. The Morgan fingerprint density at radius 3 is 2.43 bits per heavy atom. The van der Waals surface area contributed by atoms with Crippen molar-refractivity contribution in [2.24, 2.45) is 0 Å². The van der Waals surface area contributed by atoms with Crippen molar-refractivity contribution in [2.45, 2.75) is 91.3 Å². The van der Waals surface area contributed by atoms with Crippen LogP contribution in [-0.2, 0) is 25.8 Å². The number of aliphatic hydroxyl groups is 1. The second kappa shape index (κ2) is 11.8. The lowest BCUT2D eigenvalue weighted by Crippen LogP contribution is -2.28. The maximum Gasteiger partial charge on any atom is 0.127 e. The predicted molar refractivity (Wildman–Crippen MR) is 153 cm³/mol. The molecule has 1 aliphatic carbocycles. The lowest BCUT2D eigenvalue weighted by molar-refractivity contribution is 0.0550. The summed E-state index contributed by atoms with van der Waals surface area (Å²) < 4.78 is 6.43. The number of benzene rings is 2. The van der Waals surface area contributed by atoms with E-state index in [0.717, 1.165) is 54.9 Å². The maximum atomic E-state index is 10.3. The van der Waals surface area contributed by atoms with E-state index in [1.807, 2.05) is 13.8 Å². The molecule has 2 aromatic carbocycles. The molecule has 1 aromatic heterocycles. The Kier molecular flexibility index (Phi) is 8.71. The third kappa shape index (κ3) is 6.42. The van der Waals surface area contributed by atoms with Crippen LogP contribution in [-0.4, -0.2) is 34.2 Å². The molecule has 1 atom stereocenters. The molecule has 1 heterocycles. The van der Waals surface area contributed by atoms with Gasteiger partial charge in [-0.2, -0.15) is 0 Å². The number of fused-ring (bicyclic) bond motifs is 1. The molecule has 1 N–H and O–H groups in total. The van der Waals surface area contributed by atoms with Gasteiger partial charge in [0.1, 0.15) is 5.75 Å². The average Bonchev–Trinajstić information content (AvgIpc) is 2.88.